The van der Waals surface area contributed by atoms with Gasteiger partial charge in [0, 0.05) is 12.2 Å². The van der Waals surface area contributed by atoms with E-state index in [1.807, 2.05) is 0 Å². The maximum atomic E-state index is 13.2. The van der Waals surface area contributed by atoms with Crippen molar-refractivity contribution in [1.29, 1.82) is 0 Å². The molecule has 0 radical (unpaired) electrons. The van der Waals surface area contributed by atoms with E-state index >= 15 is 0 Å². The lowest BCUT2D eigenvalue weighted by atomic mass is 10.2. The van der Waals surface area contributed by atoms with Gasteiger partial charge in [-0.25, -0.2) is 18.0 Å². The smallest absolute Gasteiger partial charge is 0.338 e. The first kappa shape index (κ1) is 14.3. The highest BCUT2D eigenvalue weighted by molar-refractivity contribution is 5.88. The van der Waals surface area contributed by atoms with Gasteiger partial charge in [0.1, 0.15) is 12.4 Å². The first-order valence-corrected chi connectivity index (χ1v) is 5.13. The zero-order valence-electron chi connectivity index (χ0n) is 9.33. The zero-order valence-corrected chi connectivity index (χ0v) is 9.33. The fraction of sp³-hybridized carbons (Fsp3) is 0.364. The number of carbonyl (C=O) groups is 1. The number of ether oxygens (including phenoxy) is 1. The fourth-order valence-electron chi connectivity index (χ4n) is 1.24. The van der Waals surface area contributed by atoms with Crippen LogP contribution in [0, 0.1) is 5.82 Å². The molecule has 0 atom stereocenters. The standard InChI is InChI=1S/C11H12F3NO3/c12-9-5-7(1-2-8(9)11(16)17)15-3-4-18-6-10(13)14/h1-2,5,10,15H,3-4,6H2,(H,16,17). The van der Waals surface area contributed by atoms with Crippen molar-refractivity contribution in [3.05, 3.63) is 29.6 Å². The summed E-state index contributed by atoms with van der Waals surface area (Å²) < 4.78 is 41.3. The molecular formula is C11H12F3NO3. The van der Waals surface area contributed by atoms with Crippen LogP contribution in [-0.2, 0) is 4.74 Å². The number of aromatic carboxylic acids is 1. The number of halogens is 3. The molecule has 100 valence electrons. The summed E-state index contributed by atoms with van der Waals surface area (Å²) in [5, 5.41) is 11.3. The molecular weight excluding hydrogens is 251 g/mol. The lowest BCUT2D eigenvalue weighted by Crippen LogP contribution is -2.13. The van der Waals surface area contributed by atoms with Crippen molar-refractivity contribution in [3.8, 4) is 0 Å². The highest BCUT2D eigenvalue weighted by atomic mass is 19.3. The molecule has 2 N–H and O–H groups in total. The number of nitrogens with one attached hydrogen (secondary N) is 1. The Labute approximate surface area is 101 Å². The van der Waals surface area contributed by atoms with Crippen LogP contribution in [0.25, 0.3) is 0 Å². The van der Waals surface area contributed by atoms with Crippen LogP contribution < -0.4 is 5.32 Å². The first-order valence-electron chi connectivity index (χ1n) is 5.13. The maximum Gasteiger partial charge on any atom is 0.338 e. The second kappa shape index (κ2) is 6.85. The summed E-state index contributed by atoms with van der Waals surface area (Å²) in [5.41, 5.74) is -0.0624. The Balaban J connectivity index is 2.39. The molecule has 0 aliphatic heterocycles. The molecule has 0 aliphatic rings. The van der Waals surface area contributed by atoms with Gasteiger partial charge < -0.3 is 15.2 Å². The number of anilines is 1. The Bertz CT molecular complexity index is 413. The highest BCUT2D eigenvalue weighted by Gasteiger charge is 2.10. The van der Waals surface area contributed by atoms with Gasteiger partial charge in [0.15, 0.2) is 0 Å². The van der Waals surface area contributed by atoms with Crippen LogP contribution in [0.1, 0.15) is 10.4 Å². The lowest BCUT2D eigenvalue weighted by Gasteiger charge is -2.08. The van der Waals surface area contributed by atoms with Gasteiger partial charge in [0.25, 0.3) is 6.43 Å². The quantitative estimate of drug-likeness (QED) is 0.740. The molecule has 0 unspecified atom stereocenters. The van der Waals surface area contributed by atoms with Gasteiger partial charge in [0.2, 0.25) is 0 Å². The van der Waals surface area contributed by atoms with E-state index in [1.165, 1.54) is 6.07 Å². The van der Waals surface area contributed by atoms with Crippen molar-refractivity contribution in [2.75, 3.05) is 25.1 Å². The van der Waals surface area contributed by atoms with Crippen molar-refractivity contribution >= 4 is 11.7 Å². The Hall–Kier alpha value is -1.76. The Morgan fingerprint density at radius 1 is 1.44 bits per heavy atom. The van der Waals surface area contributed by atoms with Crippen LogP contribution in [-0.4, -0.2) is 37.3 Å². The van der Waals surface area contributed by atoms with E-state index in [1.54, 1.807) is 0 Å². The Morgan fingerprint density at radius 2 is 2.17 bits per heavy atom. The van der Waals surface area contributed by atoms with E-state index in [9.17, 15) is 18.0 Å². The molecule has 0 saturated heterocycles. The molecule has 7 heteroatoms. The molecule has 1 aromatic carbocycles. The number of hydrogen-bond donors (Lipinski definition) is 2. The van der Waals surface area contributed by atoms with E-state index in [0.717, 1.165) is 12.1 Å². The molecule has 0 bridgehead atoms. The van der Waals surface area contributed by atoms with Crippen LogP contribution in [0.3, 0.4) is 0 Å². The summed E-state index contributed by atoms with van der Waals surface area (Å²) in [5.74, 6) is -2.21. The third kappa shape index (κ3) is 4.62. The summed E-state index contributed by atoms with van der Waals surface area (Å²) in [4.78, 5) is 10.5. The SMILES string of the molecule is O=C(O)c1ccc(NCCOCC(F)F)cc1F. The van der Waals surface area contributed by atoms with Crippen LogP contribution >= 0.6 is 0 Å². The fourth-order valence-corrected chi connectivity index (χ4v) is 1.24. The van der Waals surface area contributed by atoms with Crippen molar-refractivity contribution in [1.82, 2.24) is 0 Å². The molecule has 0 fully saturated rings. The van der Waals surface area contributed by atoms with Crippen LogP contribution in [0.4, 0.5) is 18.9 Å². The van der Waals surface area contributed by atoms with E-state index in [2.05, 4.69) is 10.1 Å². The summed E-state index contributed by atoms with van der Waals surface area (Å²) in [7, 11) is 0. The van der Waals surface area contributed by atoms with Gasteiger partial charge in [-0.15, -0.1) is 0 Å². The van der Waals surface area contributed by atoms with Crippen LogP contribution in [0.5, 0.6) is 0 Å². The second-order valence-electron chi connectivity index (χ2n) is 3.39. The maximum absolute atomic E-state index is 13.2. The average Bonchev–Trinajstić information content (AvgIpc) is 2.27. The normalized spacial score (nSPS) is 10.7. The molecule has 0 aromatic heterocycles. The number of rotatable bonds is 7. The minimum Gasteiger partial charge on any atom is -0.478 e. The Morgan fingerprint density at radius 3 is 2.72 bits per heavy atom. The molecule has 0 saturated carbocycles. The second-order valence-corrected chi connectivity index (χ2v) is 3.39. The van der Waals surface area contributed by atoms with E-state index in [0.29, 0.717) is 5.69 Å². The van der Waals surface area contributed by atoms with E-state index in [-0.39, 0.29) is 13.2 Å². The molecule has 0 amide bonds. The molecule has 1 rings (SSSR count). The van der Waals surface area contributed by atoms with E-state index < -0.39 is 30.4 Å². The predicted molar refractivity (Wildman–Crippen MR) is 58.7 cm³/mol. The van der Waals surface area contributed by atoms with Gasteiger partial charge in [-0.2, -0.15) is 0 Å². The predicted octanol–water partition coefficient (Wildman–Crippen LogP) is 2.22. The molecule has 0 spiro atoms. The molecule has 0 heterocycles. The van der Waals surface area contributed by atoms with Gasteiger partial charge in [0.05, 0.1) is 12.2 Å². The summed E-state index contributed by atoms with van der Waals surface area (Å²) in [6.45, 7) is -0.376. The monoisotopic (exact) mass is 263 g/mol. The molecule has 18 heavy (non-hydrogen) atoms. The lowest BCUT2D eigenvalue weighted by molar-refractivity contribution is 0.0215. The van der Waals surface area contributed by atoms with E-state index in [4.69, 9.17) is 5.11 Å². The summed E-state index contributed by atoms with van der Waals surface area (Å²) >= 11 is 0. The number of benzene rings is 1. The number of carboxylic acids is 1. The third-order valence-corrected chi connectivity index (χ3v) is 2.02. The first-order chi connectivity index (χ1) is 8.50. The zero-order chi connectivity index (χ0) is 13.5. The van der Waals surface area contributed by atoms with Crippen molar-refractivity contribution in [2.45, 2.75) is 6.43 Å². The summed E-state index contributed by atoms with van der Waals surface area (Å²) in [6, 6.07) is 3.54. The van der Waals surface area contributed by atoms with Gasteiger partial charge in [-0.1, -0.05) is 0 Å². The third-order valence-electron chi connectivity index (χ3n) is 2.02. The topological polar surface area (TPSA) is 58.6 Å². The van der Waals surface area contributed by atoms with Gasteiger partial charge in [-0.3, -0.25) is 0 Å². The molecule has 1 aromatic rings. The van der Waals surface area contributed by atoms with Crippen LogP contribution in [0.2, 0.25) is 0 Å². The number of carboxylic acid groups (broad SMARTS) is 1. The summed E-state index contributed by atoms with van der Waals surface area (Å²) in [6.07, 6.45) is -2.52. The average molecular weight is 263 g/mol. The van der Waals surface area contributed by atoms with Crippen molar-refractivity contribution < 1.29 is 27.8 Å². The van der Waals surface area contributed by atoms with Gasteiger partial charge >= 0.3 is 5.97 Å². The van der Waals surface area contributed by atoms with Crippen molar-refractivity contribution in [2.24, 2.45) is 0 Å². The Kier molecular flexibility index (Phi) is 5.44. The number of hydrogen-bond acceptors (Lipinski definition) is 3. The largest absolute Gasteiger partial charge is 0.478 e. The molecule has 0 aliphatic carbocycles. The van der Waals surface area contributed by atoms with Gasteiger partial charge in [-0.05, 0) is 18.2 Å². The van der Waals surface area contributed by atoms with Crippen LogP contribution in [0.15, 0.2) is 18.2 Å². The minimum absolute atomic E-state index is 0.0483. The number of alkyl halides is 2. The highest BCUT2D eigenvalue weighted by Crippen LogP contribution is 2.14. The molecule has 4 nitrogen and oxygen atoms in total. The van der Waals surface area contributed by atoms with Crippen molar-refractivity contribution in [3.63, 3.8) is 0 Å². The minimum atomic E-state index is -2.52.